The fourth-order valence-corrected chi connectivity index (χ4v) is 22.4. The fraction of sp³-hybridized carbons (Fsp3) is 0.929. The fourth-order valence-electron chi connectivity index (χ4n) is 3.87. The van der Waals surface area contributed by atoms with Crippen molar-refractivity contribution in [1.29, 1.82) is 0 Å². The molecule has 0 aliphatic rings. The number of hydrogen-bond acceptors (Lipinski definition) is 2. The van der Waals surface area contributed by atoms with Crippen LogP contribution in [0.1, 0.15) is 101 Å². The van der Waals surface area contributed by atoms with Crippen molar-refractivity contribution in [1.82, 2.24) is 0 Å². The Morgan fingerprint density at radius 1 is 0.667 bits per heavy atom. The van der Waals surface area contributed by atoms with Crippen molar-refractivity contribution in [2.24, 2.45) is 0 Å². The summed E-state index contributed by atoms with van der Waals surface area (Å²) >= 11 is -2.55. The van der Waals surface area contributed by atoms with E-state index in [1.807, 2.05) is 0 Å². The van der Waals surface area contributed by atoms with E-state index >= 15 is 0 Å². The second kappa shape index (κ2) is 14.6. The molecule has 0 aliphatic heterocycles. The molecule has 0 aromatic carbocycles. The molecule has 5 heteroatoms. The van der Waals surface area contributed by atoms with Crippen molar-refractivity contribution >= 4 is 35.0 Å². The molecule has 0 aromatic rings. The van der Waals surface area contributed by atoms with E-state index in [1.165, 1.54) is 51.8 Å². The summed E-state index contributed by atoms with van der Waals surface area (Å²) in [6.07, 6.45) is 10.7. The zero-order valence-corrected chi connectivity index (χ0v) is 30.0. The quantitative estimate of drug-likeness (QED) is 0.163. The van der Waals surface area contributed by atoms with Crippen molar-refractivity contribution in [3.63, 3.8) is 0 Å². The van der Waals surface area contributed by atoms with Gasteiger partial charge in [0.15, 0.2) is 0 Å². The average molecular weight is 606 g/mol. The van der Waals surface area contributed by atoms with Crippen LogP contribution < -0.4 is 0 Å². The number of unbranched alkanes of at least 4 members (excludes halogenated alkanes) is 3. The molecular weight excluding hydrogens is 543 g/mol. The van der Waals surface area contributed by atoms with E-state index in [-0.39, 0.29) is 10.1 Å². The third kappa shape index (κ3) is 11.2. The van der Waals surface area contributed by atoms with E-state index in [0.29, 0.717) is 0 Å². The van der Waals surface area contributed by atoms with E-state index in [2.05, 4.69) is 94.6 Å². The van der Waals surface area contributed by atoms with Gasteiger partial charge in [-0.15, -0.1) is 0 Å². The summed E-state index contributed by atoms with van der Waals surface area (Å²) in [5.74, 6) is 0. The van der Waals surface area contributed by atoms with Crippen LogP contribution in [-0.4, -0.2) is 48.2 Å². The first-order valence-corrected chi connectivity index (χ1v) is 27.3. The normalized spacial score (nSPS) is 14.8. The molecule has 0 radical (unpaired) electrons. The van der Waals surface area contributed by atoms with Gasteiger partial charge in [-0.25, -0.2) is 0 Å². The van der Waals surface area contributed by atoms with Gasteiger partial charge >= 0.3 is 217 Å². The molecule has 198 valence electrons. The Balaban J connectivity index is 6.18. The van der Waals surface area contributed by atoms with Crippen molar-refractivity contribution in [2.75, 3.05) is 13.2 Å². The molecule has 0 aromatic heterocycles. The first-order valence-electron chi connectivity index (χ1n) is 14.0. The minimum absolute atomic E-state index is 0.254. The maximum absolute atomic E-state index is 6.93. The Morgan fingerprint density at radius 3 is 1.36 bits per heavy atom. The van der Waals surface area contributed by atoms with Crippen LogP contribution in [0.3, 0.4) is 0 Å². The van der Waals surface area contributed by atoms with Crippen molar-refractivity contribution in [3.8, 4) is 0 Å². The molecule has 0 spiro atoms. The van der Waals surface area contributed by atoms with Gasteiger partial charge in [-0.05, 0) is 0 Å². The molecule has 0 rings (SSSR count). The van der Waals surface area contributed by atoms with Crippen LogP contribution in [0.4, 0.5) is 0 Å². The van der Waals surface area contributed by atoms with Crippen molar-refractivity contribution in [3.05, 3.63) is 9.67 Å². The van der Waals surface area contributed by atoms with Crippen LogP contribution in [0.5, 0.6) is 0 Å². The van der Waals surface area contributed by atoms with Crippen LogP contribution in [0.15, 0.2) is 9.67 Å². The molecule has 0 saturated heterocycles. The second-order valence-electron chi connectivity index (χ2n) is 13.4. The SMILES string of the molecule is CCC[CH2][Sn]([CH2]CCC)([CH2]CCC)/[C](=C/CO[Si](C)(C)C(C)(C)C)CO[Si](C)(C)C(C)(C)C. The van der Waals surface area contributed by atoms with Gasteiger partial charge in [0.05, 0.1) is 0 Å². The van der Waals surface area contributed by atoms with Gasteiger partial charge in [0.1, 0.15) is 0 Å². The molecule has 0 saturated carbocycles. The van der Waals surface area contributed by atoms with Gasteiger partial charge in [0.2, 0.25) is 0 Å². The molecule has 0 N–H and O–H groups in total. The number of rotatable bonds is 16. The topological polar surface area (TPSA) is 18.5 Å². The van der Waals surface area contributed by atoms with Gasteiger partial charge < -0.3 is 0 Å². The molecule has 2 nitrogen and oxygen atoms in total. The molecule has 0 unspecified atom stereocenters. The zero-order chi connectivity index (χ0) is 26.0. The molecule has 0 amide bonds. The van der Waals surface area contributed by atoms with Crippen LogP contribution in [0.25, 0.3) is 0 Å². The van der Waals surface area contributed by atoms with Crippen LogP contribution in [0.2, 0.25) is 49.6 Å². The molecule has 0 atom stereocenters. The predicted octanol–water partition coefficient (Wildman–Crippen LogP) is 10.3. The first kappa shape index (κ1) is 33.9. The summed E-state index contributed by atoms with van der Waals surface area (Å²) in [6.45, 7) is 32.5. The van der Waals surface area contributed by atoms with E-state index < -0.39 is 35.0 Å². The van der Waals surface area contributed by atoms with Gasteiger partial charge in [0, 0.05) is 0 Å². The summed E-state index contributed by atoms with van der Waals surface area (Å²) in [5.41, 5.74) is 0. The molecule has 0 aliphatic carbocycles. The molecular formula is C28H62O2Si2Sn. The third-order valence-electron chi connectivity index (χ3n) is 8.68. The van der Waals surface area contributed by atoms with E-state index in [9.17, 15) is 0 Å². The van der Waals surface area contributed by atoms with Crippen molar-refractivity contribution < 1.29 is 8.85 Å². The molecule has 0 heterocycles. The first-order chi connectivity index (χ1) is 15.0. The average Bonchev–Trinajstić information content (AvgIpc) is 2.68. The van der Waals surface area contributed by atoms with E-state index in [0.717, 1.165) is 13.2 Å². The van der Waals surface area contributed by atoms with Crippen molar-refractivity contribution in [2.45, 2.75) is 150 Å². The van der Waals surface area contributed by atoms with Gasteiger partial charge in [-0.2, -0.15) is 0 Å². The Bertz CT molecular complexity index is 550. The maximum atomic E-state index is 6.93. The Morgan fingerprint density at radius 2 is 1.03 bits per heavy atom. The Hall–Kier alpha value is 0.892. The zero-order valence-electron chi connectivity index (χ0n) is 25.2. The molecule has 33 heavy (non-hydrogen) atoms. The molecule has 0 bridgehead atoms. The van der Waals surface area contributed by atoms with Crippen LogP contribution in [-0.2, 0) is 8.85 Å². The van der Waals surface area contributed by atoms with Gasteiger partial charge in [-0.1, -0.05) is 0 Å². The second-order valence-corrected chi connectivity index (χ2v) is 36.5. The standard InChI is InChI=1S/C16H35O2Si2.3C4H9.Sn/c1-15(2,3)19(7,8)17-13-11-12-14-18-20(9,10)16(4,5)6;3*1-3-4-2;/h11H,13-14H2,1-10H3;3*1,3-4H2,2H3;. The minimum atomic E-state index is -2.55. The number of hydrogen-bond donors (Lipinski definition) is 0. The third-order valence-corrected chi connectivity index (χ3v) is 33.8. The summed E-state index contributed by atoms with van der Waals surface area (Å²) < 4.78 is 19.9. The van der Waals surface area contributed by atoms with Crippen LogP contribution >= 0.6 is 0 Å². The predicted molar refractivity (Wildman–Crippen MR) is 159 cm³/mol. The van der Waals surface area contributed by atoms with E-state index in [1.54, 1.807) is 3.59 Å². The summed E-state index contributed by atoms with van der Waals surface area (Å²) in [4.78, 5) is 0. The van der Waals surface area contributed by atoms with Gasteiger partial charge in [0.25, 0.3) is 0 Å². The summed E-state index contributed by atoms with van der Waals surface area (Å²) in [7, 11) is -3.54. The van der Waals surface area contributed by atoms with Gasteiger partial charge in [-0.3, -0.25) is 0 Å². The monoisotopic (exact) mass is 606 g/mol. The summed E-state index contributed by atoms with van der Waals surface area (Å²) in [6, 6.07) is 0. The Labute approximate surface area is 216 Å². The van der Waals surface area contributed by atoms with E-state index in [4.69, 9.17) is 8.85 Å². The molecule has 0 fully saturated rings. The summed E-state index contributed by atoms with van der Waals surface area (Å²) in [5, 5.41) is 0.510. The van der Waals surface area contributed by atoms with Crippen LogP contribution in [0, 0.1) is 0 Å². The Kier molecular flexibility index (Phi) is 15.0.